The van der Waals surface area contributed by atoms with E-state index >= 15 is 0 Å². The van der Waals surface area contributed by atoms with Crippen molar-refractivity contribution in [1.82, 2.24) is 14.8 Å². The number of carbonyl (C=O) groups excluding carboxylic acids is 2. The summed E-state index contributed by atoms with van der Waals surface area (Å²) < 4.78 is 13.0. The Hall–Kier alpha value is -3.22. The van der Waals surface area contributed by atoms with E-state index < -0.39 is 5.54 Å². The average molecular weight is 450 g/mol. The number of hydrogen-bond acceptors (Lipinski definition) is 4. The first-order chi connectivity index (χ1) is 15.9. The van der Waals surface area contributed by atoms with Crippen LogP contribution in [0.25, 0.3) is 11.1 Å². The van der Waals surface area contributed by atoms with Crippen molar-refractivity contribution in [2.75, 3.05) is 7.11 Å². The molecule has 1 N–H and O–H groups in total. The fourth-order valence-corrected chi connectivity index (χ4v) is 5.27. The molecule has 0 unspecified atom stereocenters. The van der Waals surface area contributed by atoms with Crippen LogP contribution in [-0.2, 0) is 17.9 Å². The second-order valence-corrected chi connectivity index (χ2v) is 9.69. The van der Waals surface area contributed by atoms with Gasteiger partial charge in [0.25, 0.3) is 5.91 Å². The molecule has 1 aliphatic heterocycles. The largest absolute Gasteiger partial charge is 0.496 e. The molecule has 174 valence electrons. The van der Waals surface area contributed by atoms with E-state index in [4.69, 9.17) is 9.15 Å². The van der Waals surface area contributed by atoms with Gasteiger partial charge in [-0.05, 0) is 44.6 Å². The molecule has 0 saturated heterocycles. The van der Waals surface area contributed by atoms with E-state index in [1.807, 2.05) is 41.8 Å². The van der Waals surface area contributed by atoms with Crippen LogP contribution in [-0.4, -0.2) is 40.0 Å². The Labute approximate surface area is 193 Å². The van der Waals surface area contributed by atoms with Crippen LogP contribution in [0.4, 0.5) is 0 Å². The van der Waals surface area contributed by atoms with Crippen LogP contribution in [0, 0.1) is 5.92 Å². The molecule has 3 heterocycles. The summed E-state index contributed by atoms with van der Waals surface area (Å²) in [6, 6.07) is 11.4. The Kier molecular flexibility index (Phi) is 5.43. The highest BCUT2D eigenvalue weighted by Gasteiger charge is 2.48. The standard InChI is InChI=1S/C26H31N3O4/c1-17-8-10-19(11-9-17)27-25(31)26(2)16-28-20-12-13-33-23(20)14-21(28)24(30)29(26)15-18-6-4-5-7-22(18)32-3/h4-7,12-14,17,19H,8-11,15-16H2,1-3H3,(H,27,31)/t17?,19?,26-/m1/s1. The molecule has 3 aromatic rings. The van der Waals surface area contributed by atoms with Gasteiger partial charge in [-0.1, -0.05) is 25.1 Å². The Morgan fingerprint density at radius 3 is 2.73 bits per heavy atom. The molecule has 1 fully saturated rings. The van der Waals surface area contributed by atoms with Crippen molar-refractivity contribution in [3.05, 3.63) is 53.9 Å². The summed E-state index contributed by atoms with van der Waals surface area (Å²) >= 11 is 0. The molecule has 2 aromatic heterocycles. The zero-order valence-electron chi connectivity index (χ0n) is 19.5. The van der Waals surface area contributed by atoms with Gasteiger partial charge in [0.05, 0.1) is 32.0 Å². The van der Waals surface area contributed by atoms with E-state index in [1.54, 1.807) is 24.3 Å². The number of amides is 2. The average Bonchev–Trinajstić information content (AvgIpc) is 3.41. The summed E-state index contributed by atoms with van der Waals surface area (Å²) in [7, 11) is 1.62. The second-order valence-electron chi connectivity index (χ2n) is 9.69. The van der Waals surface area contributed by atoms with Gasteiger partial charge in [0.1, 0.15) is 17.0 Å². The van der Waals surface area contributed by atoms with Crippen molar-refractivity contribution >= 4 is 22.9 Å². The first kappa shape index (κ1) is 21.6. The SMILES string of the molecule is COc1ccccc1CN1C(=O)c2cc3occc3n2C[C@]1(C)C(=O)NC1CCC(C)CC1. The molecule has 33 heavy (non-hydrogen) atoms. The maximum Gasteiger partial charge on any atom is 0.271 e. The predicted octanol–water partition coefficient (Wildman–Crippen LogP) is 4.35. The Balaban J connectivity index is 1.52. The number of fused-ring (bicyclic) bond motifs is 3. The molecule has 0 spiro atoms. The van der Waals surface area contributed by atoms with Crippen LogP contribution in [0.15, 0.2) is 47.1 Å². The van der Waals surface area contributed by atoms with Crippen molar-refractivity contribution in [3.63, 3.8) is 0 Å². The molecular weight excluding hydrogens is 418 g/mol. The minimum atomic E-state index is -1.06. The van der Waals surface area contributed by atoms with E-state index in [-0.39, 0.29) is 24.4 Å². The smallest absolute Gasteiger partial charge is 0.271 e. The number of benzene rings is 1. The number of ether oxygens (including phenoxy) is 1. The minimum Gasteiger partial charge on any atom is -0.496 e. The van der Waals surface area contributed by atoms with Gasteiger partial charge in [0, 0.05) is 23.7 Å². The summed E-state index contributed by atoms with van der Waals surface area (Å²) in [6.45, 7) is 4.77. The fourth-order valence-electron chi connectivity index (χ4n) is 5.27. The molecule has 2 amide bonds. The summed E-state index contributed by atoms with van der Waals surface area (Å²) in [5.74, 6) is 1.10. The van der Waals surface area contributed by atoms with Crippen LogP contribution in [0.2, 0.25) is 0 Å². The summed E-state index contributed by atoms with van der Waals surface area (Å²) in [4.78, 5) is 29.3. The monoisotopic (exact) mass is 449 g/mol. The molecule has 1 aromatic carbocycles. The molecule has 2 aliphatic rings. The van der Waals surface area contributed by atoms with Crippen LogP contribution in [0.1, 0.15) is 55.6 Å². The molecule has 7 nitrogen and oxygen atoms in total. The van der Waals surface area contributed by atoms with Crippen molar-refractivity contribution in [2.45, 2.75) is 64.2 Å². The maximum absolute atomic E-state index is 13.8. The first-order valence-electron chi connectivity index (χ1n) is 11.7. The number of nitrogens with zero attached hydrogens (tertiary/aromatic N) is 2. The lowest BCUT2D eigenvalue weighted by Crippen LogP contribution is -2.64. The van der Waals surface area contributed by atoms with Crippen LogP contribution in [0.3, 0.4) is 0 Å². The maximum atomic E-state index is 13.8. The lowest BCUT2D eigenvalue weighted by Gasteiger charge is -2.45. The number of nitrogens with one attached hydrogen (secondary N) is 1. The molecule has 1 saturated carbocycles. The Bertz CT molecular complexity index is 1190. The number of aromatic nitrogens is 1. The second kappa shape index (κ2) is 8.28. The van der Waals surface area contributed by atoms with Gasteiger partial charge in [-0.15, -0.1) is 0 Å². The molecule has 0 radical (unpaired) electrons. The highest BCUT2D eigenvalue weighted by Crippen LogP contribution is 2.35. The number of carbonyl (C=O) groups is 2. The van der Waals surface area contributed by atoms with Gasteiger partial charge in [0.15, 0.2) is 5.58 Å². The van der Waals surface area contributed by atoms with Crippen molar-refractivity contribution in [3.8, 4) is 5.75 Å². The number of methoxy groups -OCH3 is 1. The van der Waals surface area contributed by atoms with Gasteiger partial charge in [0.2, 0.25) is 5.91 Å². The van der Waals surface area contributed by atoms with Gasteiger partial charge in [-0.25, -0.2) is 0 Å². The van der Waals surface area contributed by atoms with Crippen LogP contribution in [0.5, 0.6) is 5.75 Å². The molecular formula is C26H31N3O4. The van der Waals surface area contributed by atoms with E-state index in [0.717, 1.165) is 36.8 Å². The first-order valence-corrected chi connectivity index (χ1v) is 11.7. The quantitative estimate of drug-likeness (QED) is 0.628. The number of furan rings is 1. The molecule has 5 rings (SSSR count). The zero-order chi connectivity index (χ0) is 23.2. The molecule has 1 aliphatic carbocycles. The minimum absolute atomic E-state index is 0.110. The summed E-state index contributed by atoms with van der Waals surface area (Å²) in [5, 5.41) is 3.28. The summed E-state index contributed by atoms with van der Waals surface area (Å²) in [5.41, 5.74) is 1.83. The number of rotatable bonds is 5. The molecule has 0 bridgehead atoms. The topological polar surface area (TPSA) is 76.7 Å². The predicted molar refractivity (Wildman–Crippen MR) is 125 cm³/mol. The van der Waals surface area contributed by atoms with Gasteiger partial charge in [-0.2, -0.15) is 0 Å². The van der Waals surface area contributed by atoms with Crippen molar-refractivity contribution in [2.24, 2.45) is 5.92 Å². The Morgan fingerprint density at radius 1 is 1.21 bits per heavy atom. The Morgan fingerprint density at radius 2 is 1.97 bits per heavy atom. The zero-order valence-corrected chi connectivity index (χ0v) is 19.5. The number of hydrogen-bond donors (Lipinski definition) is 1. The highest BCUT2D eigenvalue weighted by molar-refractivity contribution is 6.02. The third-order valence-corrected chi connectivity index (χ3v) is 7.41. The lowest BCUT2D eigenvalue weighted by molar-refractivity contribution is -0.134. The third-order valence-electron chi connectivity index (χ3n) is 7.41. The van der Waals surface area contributed by atoms with E-state index in [9.17, 15) is 9.59 Å². The van der Waals surface area contributed by atoms with Crippen molar-refractivity contribution < 1.29 is 18.7 Å². The lowest BCUT2D eigenvalue weighted by atomic mass is 9.86. The van der Waals surface area contributed by atoms with Gasteiger partial charge < -0.3 is 23.9 Å². The normalized spacial score (nSPS) is 25.2. The molecule has 1 atom stereocenters. The van der Waals surface area contributed by atoms with Crippen LogP contribution >= 0.6 is 0 Å². The third kappa shape index (κ3) is 3.69. The number of para-hydroxylation sites is 1. The van der Waals surface area contributed by atoms with E-state index in [0.29, 0.717) is 29.5 Å². The van der Waals surface area contributed by atoms with Gasteiger partial charge in [-0.3, -0.25) is 9.59 Å². The fraction of sp³-hybridized carbons (Fsp3) is 0.462. The highest BCUT2D eigenvalue weighted by atomic mass is 16.5. The van der Waals surface area contributed by atoms with E-state index in [2.05, 4.69) is 12.2 Å². The van der Waals surface area contributed by atoms with Crippen LogP contribution < -0.4 is 10.1 Å². The van der Waals surface area contributed by atoms with E-state index in [1.165, 1.54) is 0 Å². The molecule has 7 heteroatoms. The van der Waals surface area contributed by atoms with Gasteiger partial charge >= 0.3 is 0 Å². The van der Waals surface area contributed by atoms with Crippen molar-refractivity contribution in [1.29, 1.82) is 0 Å². The summed E-state index contributed by atoms with van der Waals surface area (Å²) in [6.07, 6.45) is 5.80.